The molecule has 1 aromatic heterocycles. The van der Waals surface area contributed by atoms with E-state index in [0.29, 0.717) is 29.4 Å². The molecule has 0 saturated heterocycles. The van der Waals surface area contributed by atoms with Gasteiger partial charge in [-0.1, -0.05) is 18.9 Å². The van der Waals surface area contributed by atoms with Crippen molar-refractivity contribution in [2.45, 2.75) is 60.1 Å². The summed E-state index contributed by atoms with van der Waals surface area (Å²) in [5.74, 6) is -1.54. The Labute approximate surface area is 172 Å². The molecule has 28 heavy (non-hydrogen) atoms. The van der Waals surface area contributed by atoms with Crippen LogP contribution in [0.2, 0.25) is 0 Å². The van der Waals surface area contributed by atoms with Crippen molar-refractivity contribution < 1.29 is 18.7 Å². The van der Waals surface area contributed by atoms with E-state index in [1.165, 1.54) is 25.0 Å². The van der Waals surface area contributed by atoms with E-state index in [1.54, 1.807) is 24.0 Å². The fourth-order valence-corrected chi connectivity index (χ4v) is 5.54. The number of carboxylic acid groups (broad SMARTS) is 1. The number of carbonyl (C=O) groups is 1. The van der Waals surface area contributed by atoms with Crippen molar-refractivity contribution in [2.24, 2.45) is 0 Å². The maximum atomic E-state index is 14.6. The summed E-state index contributed by atoms with van der Waals surface area (Å²) in [4.78, 5) is 15.0. The van der Waals surface area contributed by atoms with Crippen LogP contribution in [0.3, 0.4) is 0 Å². The van der Waals surface area contributed by atoms with E-state index in [1.807, 2.05) is 6.07 Å². The molecule has 3 rings (SSSR count). The molecule has 1 aliphatic rings. The standard InChI is InChI=1S/C21H23F2NO2S2/c22-17-12-14(13-18(23)20(17)27-11-4-3-9-19(25)26)16-8-5-10-24-21(16)28-15-6-1-2-7-15/h5,8,10,12-13,15H,1-4,6-7,9,11H2,(H,25,26). The molecule has 0 atom stereocenters. The molecule has 0 spiro atoms. The van der Waals surface area contributed by atoms with E-state index in [-0.39, 0.29) is 11.3 Å². The number of nitrogens with zero attached hydrogens (tertiary/aromatic N) is 1. The van der Waals surface area contributed by atoms with Gasteiger partial charge in [0.2, 0.25) is 0 Å². The van der Waals surface area contributed by atoms with Crippen molar-refractivity contribution in [1.29, 1.82) is 0 Å². The molecule has 1 aliphatic carbocycles. The first-order valence-electron chi connectivity index (χ1n) is 9.50. The fourth-order valence-electron chi connectivity index (χ4n) is 3.27. The first-order valence-corrected chi connectivity index (χ1v) is 11.4. The summed E-state index contributed by atoms with van der Waals surface area (Å²) in [7, 11) is 0. The lowest BCUT2D eigenvalue weighted by Gasteiger charge is -2.13. The van der Waals surface area contributed by atoms with Crippen LogP contribution >= 0.6 is 23.5 Å². The summed E-state index contributed by atoms with van der Waals surface area (Å²) < 4.78 is 29.2. The molecule has 1 saturated carbocycles. The molecule has 0 radical (unpaired) electrons. The summed E-state index contributed by atoms with van der Waals surface area (Å²) in [5.41, 5.74) is 1.26. The van der Waals surface area contributed by atoms with Gasteiger partial charge in [-0.05, 0) is 55.2 Å². The van der Waals surface area contributed by atoms with Gasteiger partial charge in [-0.15, -0.1) is 23.5 Å². The third-order valence-corrected chi connectivity index (χ3v) is 7.22. The molecule has 0 aliphatic heterocycles. The topological polar surface area (TPSA) is 50.2 Å². The monoisotopic (exact) mass is 423 g/mol. The average Bonchev–Trinajstić information content (AvgIpc) is 3.16. The highest BCUT2D eigenvalue weighted by atomic mass is 32.2. The number of carboxylic acids is 1. The van der Waals surface area contributed by atoms with Gasteiger partial charge in [0, 0.05) is 23.4 Å². The van der Waals surface area contributed by atoms with Crippen molar-refractivity contribution in [3.63, 3.8) is 0 Å². The van der Waals surface area contributed by atoms with Crippen LogP contribution in [-0.4, -0.2) is 27.1 Å². The number of halogens is 2. The van der Waals surface area contributed by atoms with Crippen molar-refractivity contribution in [1.82, 2.24) is 4.98 Å². The Morgan fingerprint density at radius 2 is 1.89 bits per heavy atom. The number of aliphatic carboxylic acids is 1. The van der Waals surface area contributed by atoms with Gasteiger partial charge in [0.15, 0.2) is 0 Å². The Balaban J connectivity index is 1.72. The summed E-state index contributed by atoms with van der Waals surface area (Å²) >= 11 is 2.80. The molecule has 0 unspecified atom stereocenters. The molecule has 1 aromatic carbocycles. The number of thioether (sulfide) groups is 2. The van der Waals surface area contributed by atoms with Gasteiger partial charge in [-0.25, -0.2) is 13.8 Å². The van der Waals surface area contributed by atoms with Crippen molar-refractivity contribution in [3.8, 4) is 11.1 Å². The first-order chi connectivity index (χ1) is 13.5. The third-order valence-electron chi connectivity index (χ3n) is 4.69. The second-order valence-corrected chi connectivity index (χ2v) is 9.24. The van der Waals surface area contributed by atoms with E-state index in [9.17, 15) is 13.6 Å². The van der Waals surface area contributed by atoms with Gasteiger partial charge < -0.3 is 5.11 Å². The second kappa shape index (κ2) is 10.3. The molecule has 0 bridgehead atoms. The Morgan fingerprint density at radius 3 is 2.57 bits per heavy atom. The van der Waals surface area contributed by atoms with Gasteiger partial charge in [0.05, 0.1) is 4.90 Å². The molecule has 0 amide bonds. The molecule has 1 fully saturated rings. The molecule has 3 nitrogen and oxygen atoms in total. The van der Waals surface area contributed by atoms with Crippen LogP contribution in [0.5, 0.6) is 0 Å². The minimum Gasteiger partial charge on any atom is -0.481 e. The molecule has 150 valence electrons. The van der Waals surface area contributed by atoms with Crippen molar-refractivity contribution in [2.75, 3.05) is 5.75 Å². The second-order valence-electron chi connectivity index (χ2n) is 6.85. The maximum Gasteiger partial charge on any atom is 0.303 e. The number of pyridine rings is 1. The predicted molar refractivity (Wildman–Crippen MR) is 110 cm³/mol. The van der Waals surface area contributed by atoms with Crippen LogP contribution in [0.1, 0.15) is 44.9 Å². The van der Waals surface area contributed by atoms with Crippen molar-refractivity contribution in [3.05, 3.63) is 42.1 Å². The predicted octanol–water partition coefficient (Wildman–Crippen LogP) is 6.41. The summed E-state index contributed by atoms with van der Waals surface area (Å²) in [6.45, 7) is 0. The zero-order chi connectivity index (χ0) is 19.9. The number of hydrogen-bond donors (Lipinski definition) is 1. The zero-order valence-electron chi connectivity index (χ0n) is 15.5. The molecule has 2 aromatic rings. The highest BCUT2D eigenvalue weighted by Gasteiger charge is 2.20. The minimum absolute atomic E-state index is 0.00652. The number of unbranched alkanes of at least 4 members (excludes halogenated alkanes) is 1. The van der Waals surface area contributed by atoms with E-state index in [2.05, 4.69) is 4.98 Å². The minimum atomic E-state index is -0.852. The van der Waals surface area contributed by atoms with E-state index < -0.39 is 17.6 Å². The van der Waals surface area contributed by atoms with Crippen LogP contribution in [0, 0.1) is 11.6 Å². The number of rotatable bonds is 9. The fraction of sp³-hybridized carbons (Fsp3) is 0.429. The molecule has 1 N–H and O–H groups in total. The molecule has 7 heteroatoms. The Bertz CT molecular complexity index is 803. The molecule has 1 heterocycles. The number of aromatic nitrogens is 1. The maximum absolute atomic E-state index is 14.6. The highest BCUT2D eigenvalue weighted by Crippen LogP contribution is 2.39. The highest BCUT2D eigenvalue weighted by molar-refractivity contribution is 8.00. The smallest absolute Gasteiger partial charge is 0.303 e. The largest absolute Gasteiger partial charge is 0.481 e. The lowest BCUT2D eigenvalue weighted by molar-refractivity contribution is -0.137. The van der Waals surface area contributed by atoms with E-state index in [0.717, 1.165) is 35.2 Å². The van der Waals surface area contributed by atoms with Crippen LogP contribution in [-0.2, 0) is 4.79 Å². The number of hydrogen-bond acceptors (Lipinski definition) is 4. The van der Waals surface area contributed by atoms with Crippen LogP contribution in [0.15, 0.2) is 40.4 Å². The summed E-state index contributed by atoms with van der Waals surface area (Å²) in [6.07, 6.45) is 7.65. The lowest BCUT2D eigenvalue weighted by Crippen LogP contribution is -1.98. The van der Waals surface area contributed by atoms with Gasteiger partial charge in [0.25, 0.3) is 0 Å². The molecular weight excluding hydrogens is 400 g/mol. The van der Waals surface area contributed by atoms with E-state index in [4.69, 9.17) is 5.11 Å². The first kappa shape index (κ1) is 21.1. The van der Waals surface area contributed by atoms with Gasteiger partial charge in [0.1, 0.15) is 16.7 Å². The third kappa shape index (κ3) is 5.70. The van der Waals surface area contributed by atoms with Crippen molar-refractivity contribution >= 4 is 29.5 Å². The van der Waals surface area contributed by atoms with Gasteiger partial charge >= 0.3 is 5.97 Å². The van der Waals surface area contributed by atoms with E-state index >= 15 is 0 Å². The van der Waals surface area contributed by atoms with Crippen LogP contribution in [0.4, 0.5) is 8.78 Å². The average molecular weight is 424 g/mol. The summed E-state index contributed by atoms with van der Waals surface area (Å²) in [5, 5.41) is 9.97. The Morgan fingerprint density at radius 1 is 1.18 bits per heavy atom. The zero-order valence-corrected chi connectivity index (χ0v) is 17.1. The van der Waals surface area contributed by atoms with Gasteiger partial charge in [-0.3, -0.25) is 4.79 Å². The quantitative estimate of drug-likeness (QED) is 0.373. The summed E-state index contributed by atoms with van der Waals surface area (Å²) in [6, 6.07) is 6.39. The Kier molecular flexibility index (Phi) is 7.73. The SMILES string of the molecule is O=C(O)CCCCSc1c(F)cc(-c2cccnc2SC2CCCC2)cc1F. The lowest BCUT2D eigenvalue weighted by atomic mass is 10.1. The Hall–Kier alpha value is -1.60. The van der Waals surface area contributed by atoms with Crippen LogP contribution < -0.4 is 0 Å². The number of benzene rings is 1. The van der Waals surface area contributed by atoms with Crippen LogP contribution in [0.25, 0.3) is 11.1 Å². The normalized spacial score (nSPS) is 14.5. The van der Waals surface area contributed by atoms with Gasteiger partial charge in [-0.2, -0.15) is 0 Å². The molecular formula is C21H23F2NO2S2.